The summed E-state index contributed by atoms with van der Waals surface area (Å²) in [6, 6.07) is 15.3. The molecule has 0 saturated heterocycles. The molecule has 0 atom stereocenters. The summed E-state index contributed by atoms with van der Waals surface area (Å²) >= 11 is 0. The van der Waals surface area contributed by atoms with E-state index >= 15 is 0 Å². The zero-order valence-corrected chi connectivity index (χ0v) is 15.0. The molecule has 2 aromatic rings. The van der Waals surface area contributed by atoms with Crippen LogP contribution in [0.15, 0.2) is 48.5 Å². The van der Waals surface area contributed by atoms with Crippen LogP contribution in [0.2, 0.25) is 0 Å². The molecule has 2 aromatic carbocycles. The van der Waals surface area contributed by atoms with Crippen LogP contribution < -0.4 is 10.1 Å². The maximum atomic E-state index is 12.0. The van der Waals surface area contributed by atoms with Crippen molar-refractivity contribution in [3.63, 3.8) is 0 Å². The number of amides is 1. The first-order chi connectivity index (χ1) is 11.9. The molecule has 0 aromatic heterocycles. The Kier molecular flexibility index (Phi) is 6.75. The summed E-state index contributed by atoms with van der Waals surface area (Å²) in [4.78, 5) is 23.0. The largest absolute Gasteiger partial charge is 0.484 e. The topological polar surface area (TPSA) is 55.4 Å². The molecule has 1 amide bonds. The lowest BCUT2D eigenvalue weighted by atomic mass is 10.0. The van der Waals surface area contributed by atoms with Gasteiger partial charge < -0.3 is 14.8 Å². The maximum Gasteiger partial charge on any atom is 0.262 e. The molecule has 0 heterocycles. The normalized spacial score (nSPS) is 10.6. The van der Waals surface area contributed by atoms with E-state index in [0.29, 0.717) is 18.1 Å². The van der Waals surface area contributed by atoms with Crippen molar-refractivity contribution < 1.29 is 14.3 Å². The van der Waals surface area contributed by atoms with Gasteiger partial charge in [-0.2, -0.15) is 0 Å². The molecule has 0 aliphatic heterocycles. The molecule has 1 N–H and O–H groups in total. The Labute approximate surface area is 149 Å². The van der Waals surface area contributed by atoms with Gasteiger partial charge in [0.1, 0.15) is 11.5 Å². The summed E-state index contributed by atoms with van der Waals surface area (Å²) in [5.74, 6) is 1.08. The van der Waals surface area contributed by atoms with Gasteiger partial charge in [0, 0.05) is 12.1 Å². The molecule has 132 valence electrons. The Morgan fingerprint density at radius 3 is 2.20 bits per heavy atom. The van der Waals surface area contributed by atoms with Crippen molar-refractivity contribution in [1.29, 1.82) is 0 Å². The second-order valence-electron chi connectivity index (χ2n) is 6.46. The fourth-order valence-electron chi connectivity index (χ4n) is 2.37. The number of carbonyl (C=O) groups excluding carboxylic acids is 2. The van der Waals surface area contributed by atoms with Crippen LogP contribution in [-0.4, -0.2) is 18.3 Å². The molecular weight excluding hydrogens is 314 g/mol. The third-order valence-corrected chi connectivity index (χ3v) is 3.92. The summed E-state index contributed by atoms with van der Waals surface area (Å²) in [7, 11) is 0. The molecule has 4 heteroatoms. The molecule has 0 bridgehead atoms. The first-order valence-corrected chi connectivity index (χ1v) is 8.55. The molecule has 0 radical (unpaired) electrons. The monoisotopic (exact) mass is 339 g/mol. The lowest BCUT2D eigenvalue weighted by Gasteiger charge is -2.10. The zero-order chi connectivity index (χ0) is 18.2. The van der Waals surface area contributed by atoms with Crippen LogP contribution >= 0.6 is 0 Å². The van der Waals surface area contributed by atoms with Gasteiger partial charge in [-0.15, -0.1) is 0 Å². The highest BCUT2D eigenvalue weighted by atomic mass is 16.5. The van der Waals surface area contributed by atoms with Gasteiger partial charge in [0.25, 0.3) is 5.91 Å². The Morgan fingerprint density at radius 1 is 1.00 bits per heavy atom. The minimum Gasteiger partial charge on any atom is -0.484 e. The number of hydrogen-bond acceptors (Lipinski definition) is 3. The Bertz CT molecular complexity index is 703. The highest BCUT2D eigenvalue weighted by Crippen LogP contribution is 2.17. The van der Waals surface area contributed by atoms with Crippen molar-refractivity contribution in [3.8, 4) is 5.75 Å². The third-order valence-electron chi connectivity index (χ3n) is 3.92. The highest BCUT2D eigenvalue weighted by Gasteiger charge is 2.05. The number of benzene rings is 2. The number of Topliss-reactive ketones (excluding diaryl/α,β-unsaturated/α-hetero) is 1. The predicted molar refractivity (Wildman–Crippen MR) is 100 cm³/mol. The van der Waals surface area contributed by atoms with E-state index in [1.54, 1.807) is 6.92 Å². The maximum absolute atomic E-state index is 12.0. The molecule has 0 spiro atoms. The van der Waals surface area contributed by atoms with E-state index in [-0.39, 0.29) is 18.3 Å². The second-order valence-corrected chi connectivity index (χ2v) is 6.46. The number of ether oxygens (including phenoxy) is 1. The molecule has 0 fully saturated rings. The number of carbonyl (C=O) groups is 2. The van der Waals surface area contributed by atoms with Crippen LogP contribution in [0.4, 0.5) is 5.69 Å². The van der Waals surface area contributed by atoms with Gasteiger partial charge in [-0.25, -0.2) is 0 Å². The number of ketones is 1. The zero-order valence-electron chi connectivity index (χ0n) is 15.0. The molecule has 0 aliphatic rings. The Hall–Kier alpha value is -2.62. The van der Waals surface area contributed by atoms with Crippen LogP contribution in [0.5, 0.6) is 5.75 Å². The highest BCUT2D eigenvalue weighted by molar-refractivity contribution is 5.91. The van der Waals surface area contributed by atoms with Gasteiger partial charge >= 0.3 is 0 Å². The Balaban J connectivity index is 1.80. The molecule has 4 nitrogen and oxygen atoms in total. The molecule has 25 heavy (non-hydrogen) atoms. The fourth-order valence-corrected chi connectivity index (χ4v) is 2.37. The van der Waals surface area contributed by atoms with Gasteiger partial charge in [-0.3, -0.25) is 4.79 Å². The minimum absolute atomic E-state index is 0.0429. The standard InChI is InChI=1S/C21H25NO3/c1-15(2)18-8-10-19(11-9-18)22-21(24)14-25-20-12-6-17(7-13-20)5-4-16(3)23/h6-13,15H,4-5,14H2,1-3H3,(H,22,24). The van der Waals surface area contributed by atoms with Crippen molar-refractivity contribution >= 4 is 17.4 Å². The average Bonchev–Trinajstić information content (AvgIpc) is 2.59. The number of hydrogen-bond donors (Lipinski definition) is 1. The van der Waals surface area contributed by atoms with E-state index < -0.39 is 0 Å². The second kappa shape index (κ2) is 9.02. The summed E-state index contributed by atoms with van der Waals surface area (Å²) in [6.07, 6.45) is 1.26. The SMILES string of the molecule is CC(=O)CCc1ccc(OCC(=O)Nc2ccc(C(C)C)cc2)cc1. The van der Waals surface area contributed by atoms with E-state index in [4.69, 9.17) is 4.74 Å². The van der Waals surface area contributed by atoms with Gasteiger partial charge in [0.05, 0.1) is 0 Å². The van der Waals surface area contributed by atoms with E-state index in [1.807, 2.05) is 48.5 Å². The molecule has 0 unspecified atom stereocenters. The van der Waals surface area contributed by atoms with E-state index in [0.717, 1.165) is 17.7 Å². The lowest BCUT2D eigenvalue weighted by molar-refractivity contribution is -0.118. The van der Waals surface area contributed by atoms with Crippen molar-refractivity contribution in [2.45, 2.75) is 39.5 Å². The van der Waals surface area contributed by atoms with Gasteiger partial charge in [-0.1, -0.05) is 38.1 Å². The van der Waals surface area contributed by atoms with Crippen molar-refractivity contribution in [3.05, 3.63) is 59.7 Å². The van der Waals surface area contributed by atoms with Crippen molar-refractivity contribution in [1.82, 2.24) is 0 Å². The summed E-state index contributed by atoms with van der Waals surface area (Å²) in [6.45, 7) is 5.81. The van der Waals surface area contributed by atoms with Gasteiger partial charge in [-0.05, 0) is 54.7 Å². The number of nitrogens with one attached hydrogen (secondary N) is 1. The van der Waals surface area contributed by atoms with Crippen LogP contribution in [0.25, 0.3) is 0 Å². The molecular formula is C21H25NO3. The minimum atomic E-state index is -0.196. The van der Waals surface area contributed by atoms with Crippen LogP contribution in [0, 0.1) is 0 Å². The average molecular weight is 339 g/mol. The van der Waals surface area contributed by atoms with E-state index in [1.165, 1.54) is 5.56 Å². The van der Waals surface area contributed by atoms with E-state index in [9.17, 15) is 9.59 Å². The first kappa shape index (κ1) is 18.7. The van der Waals surface area contributed by atoms with Crippen molar-refractivity contribution in [2.75, 3.05) is 11.9 Å². The number of aryl methyl sites for hydroxylation is 1. The van der Waals surface area contributed by atoms with Gasteiger partial charge in [0.15, 0.2) is 6.61 Å². The van der Waals surface area contributed by atoms with E-state index in [2.05, 4.69) is 19.2 Å². The lowest BCUT2D eigenvalue weighted by Crippen LogP contribution is -2.20. The predicted octanol–water partition coefficient (Wildman–Crippen LogP) is 4.35. The Morgan fingerprint density at radius 2 is 1.64 bits per heavy atom. The first-order valence-electron chi connectivity index (χ1n) is 8.55. The fraction of sp³-hybridized carbons (Fsp3) is 0.333. The summed E-state index contributed by atoms with van der Waals surface area (Å²) < 4.78 is 5.50. The van der Waals surface area contributed by atoms with Crippen LogP contribution in [0.3, 0.4) is 0 Å². The van der Waals surface area contributed by atoms with Gasteiger partial charge in [0.2, 0.25) is 0 Å². The summed E-state index contributed by atoms with van der Waals surface area (Å²) in [5, 5.41) is 2.82. The number of anilines is 1. The van der Waals surface area contributed by atoms with Crippen LogP contribution in [0.1, 0.15) is 44.2 Å². The quantitative estimate of drug-likeness (QED) is 0.778. The number of rotatable bonds is 8. The third kappa shape index (κ3) is 6.42. The molecule has 2 rings (SSSR count). The summed E-state index contributed by atoms with van der Waals surface area (Å²) in [5.41, 5.74) is 3.08. The smallest absolute Gasteiger partial charge is 0.262 e. The molecule has 0 aliphatic carbocycles. The van der Waals surface area contributed by atoms with Crippen molar-refractivity contribution in [2.24, 2.45) is 0 Å². The van der Waals surface area contributed by atoms with Crippen LogP contribution in [-0.2, 0) is 16.0 Å². The molecule has 0 saturated carbocycles.